The topological polar surface area (TPSA) is 83.8 Å². The fourth-order valence-electron chi connectivity index (χ4n) is 2.65. The van der Waals surface area contributed by atoms with Crippen LogP contribution < -0.4 is 5.32 Å². The molecular weight excluding hydrogens is 385 g/mol. The average molecular weight is 397 g/mol. The van der Waals surface area contributed by atoms with Gasteiger partial charge in [-0.05, 0) is 19.1 Å². The molecule has 0 bridgehead atoms. The first-order valence-electron chi connectivity index (χ1n) is 8.04. The molecule has 0 radical (unpaired) electrons. The van der Waals surface area contributed by atoms with Gasteiger partial charge in [0.05, 0.1) is 11.9 Å². The molecule has 28 heavy (non-hydrogen) atoms. The van der Waals surface area contributed by atoms with Gasteiger partial charge < -0.3 is 10.3 Å². The number of anilines is 1. The quantitative estimate of drug-likeness (QED) is 0.509. The Morgan fingerprint density at radius 3 is 2.64 bits per heavy atom. The van der Waals surface area contributed by atoms with Crippen LogP contribution in [0.2, 0.25) is 0 Å². The third kappa shape index (κ3) is 3.10. The van der Waals surface area contributed by atoms with Gasteiger partial charge in [-0.3, -0.25) is 0 Å². The summed E-state index contributed by atoms with van der Waals surface area (Å²) in [4.78, 5) is 14.6. The molecule has 12 heteroatoms. The lowest BCUT2D eigenvalue weighted by Crippen LogP contribution is -2.33. The standard InChI is InChI=1S/C16H12F5N7/c1-7(16(19,20)21)25-15-24-5-9-8(4-23-14(9)26-15)10-2-3-12-22-6-11(13(17)18)28(12)27-10/h2-7,13H,1H3,(H2,23,24,25,26)/t7-/m0/s1. The molecule has 0 amide bonds. The first kappa shape index (κ1) is 18.1. The normalized spacial score (nSPS) is 13.5. The fourth-order valence-corrected chi connectivity index (χ4v) is 2.65. The monoisotopic (exact) mass is 397 g/mol. The highest BCUT2D eigenvalue weighted by Gasteiger charge is 2.36. The highest BCUT2D eigenvalue weighted by molar-refractivity contribution is 5.92. The number of hydrogen-bond acceptors (Lipinski definition) is 5. The SMILES string of the molecule is C[C@H](Nc1ncc2c(-c3ccc4ncc(C(F)F)n4n3)c[nH]c2n1)C(F)(F)F. The number of hydrogen-bond donors (Lipinski definition) is 2. The van der Waals surface area contributed by atoms with Gasteiger partial charge in [0.2, 0.25) is 5.95 Å². The fraction of sp³-hybridized carbons (Fsp3) is 0.250. The first-order chi connectivity index (χ1) is 13.2. The van der Waals surface area contributed by atoms with Crippen molar-refractivity contribution in [1.29, 1.82) is 0 Å². The number of rotatable bonds is 4. The lowest BCUT2D eigenvalue weighted by Gasteiger charge is -2.16. The summed E-state index contributed by atoms with van der Waals surface area (Å²) in [5.41, 5.74) is 1.07. The Balaban J connectivity index is 1.72. The van der Waals surface area contributed by atoms with Crippen molar-refractivity contribution in [1.82, 2.24) is 29.5 Å². The molecule has 7 nitrogen and oxygen atoms in total. The molecule has 4 aromatic rings. The summed E-state index contributed by atoms with van der Waals surface area (Å²) in [6.07, 6.45) is -3.26. The lowest BCUT2D eigenvalue weighted by atomic mass is 10.2. The minimum Gasteiger partial charge on any atom is -0.345 e. The van der Waals surface area contributed by atoms with E-state index in [2.05, 4.69) is 30.4 Å². The van der Waals surface area contributed by atoms with Crippen molar-refractivity contribution in [2.24, 2.45) is 0 Å². The number of aromatic nitrogens is 6. The Kier molecular flexibility index (Phi) is 4.12. The van der Waals surface area contributed by atoms with E-state index in [0.717, 1.165) is 17.6 Å². The third-order valence-corrected chi connectivity index (χ3v) is 4.16. The van der Waals surface area contributed by atoms with Crippen LogP contribution in [0.3, 0.4) is 0 Å². The van der Waals surface area contributed by atoms with Gasteiger partial charge in [-0.2, -0.15) is 23.3 Å². The molecule has 0 saturated carbocycles. The molecule has 0 aliphatic rings. The zero-order valence-electron chi connectivity index (χ0n) is 14.2. The van der Waals surface area contributed by atoms with Crippen LogP contribution >= 0.6 is 0 Å². The molecule has 0 unspecified atom stereocenters. The van der Waals surface area contributed by atoms with Crippen LogP contribution in [-0.2, 0) is 0 Å². The van der Waals surface area contributed by atoms with Crippen molar-refractivity contribution in [3.63, 3.8) is 0 Å². The van der Waals surface area contributed by atoms with Crippen LogP contribution in [0.1, 0.15) is 19.0 Å². The maximum absolute atomic E-state index is 13.1. The minimum absolute atomic E-state index is 0.191. The highest BCUT2D eigenvalue weighted by atomic mass is 19.4. The van der Waals surface area contributed by atoms with Gasteiger partial charge in [0, 0.05) is 23.3 Å². The van der Waals surface area contributed by atoms with Crippen molar-refractivity contribution in [2.75, 3.05) is 5.32 Å². The van der Waals surface area contributed by atoms with Crippen molar-refractivity contribution in [3.8, 4) is 11.3 Å². The molecule has 0 aliphatic heterocycles. The zero-order chi connectivity index (χ0) is 20.1. The number of imidazole rings is 1. The summed E-state index contributed by atoms with van der Waals surface area (Å²) in [5.74, 6) is -0.191. The number of nitrogens with one attached hydrogen (secondary N) is 2. The second-order valence-corrected chi connectivity index (χ2v) is 6.04. The Morgan fingerprint density at radius 1 is 1.14 bits per heavy atom. The molecule has 1 atom stereocenters. The van der Waals surface area contributed by atoms with Gasteiger partial charge in [0.25, 0.3) is 6.43 Å². The molecule has 0 aliphatic carbocycles. The van der Waals surface area contributed by atoms with Crippen LogP contribution in [0.15, 0.2) is 30.7 Å². The smallest absolute Gasteiger partial charge is 0.345 e. The number of halogens is 5. The predicted octanol–water partition coefficient (Wildman–Crippen LogP) is 3.97. The van der Waals surface area contributed by atoms with E-state index in [9.17, 15) is 22.0 Å². The largest absolute Gasteiger partial charge is 0.408 e. The summed E-state index contributed by atoms with van der Waals surface area (Å²) < 4.78 is 65.2. The molecule has 2 N–H and O–H groups in total. The van der Waals surface area contributed by atoms with E-state index in [-0.39, 0.29) is 22.9 Å². The number of fused-ring (bicyclic) bond motifs is 2. The van der Waals surface area contributed by atoms with E-state index in [1.807, 2.05) is 0 Å². The van der Waals surface area contributed by atoms with Crippen molar-refractivity contribution >= 4 is 22.6 Å². The summed E-state index contributed by atoms with van der Waals surface area (Å²) in [7, 11) is 0. The average Bonchev–Trinajstić information content (AvgIpc) is 3.23. The maximum atomic E-state index is 13.1. The van der Waals surface area contributed by atoms with E-state index in [1.54, 1.807) is 6.07 Å². The number of H-pyrrole nitrogens is 1. The maximum Gasteiger partial charge on any atom is 0.408 e. The van der Waals surface area contributed by atoms with Crippen LogP contribution in [-0.4, -0.2) is 41.8 Å². The molecule has 4 heterocycles. The number of aromatic amines is 1. The van der Waals surface area contributed by atoms with Crippen molar-refractivity contribution in [3.05, 3.63) is 36.4 Å². The zero-order valence-corrected chi connectivity index (χ0v) is 14.2. The van der Waals surface area contributed by atoms with E-state index >= 15 is 0 Å². The molecule has 0 fully saturated rings. The number of nitrogens with zero attached hydrogens (tertiary/aromatic N) is 5. The Morgan fingerprint density at radius 2 is 1.93 bits per heavy atom. The number of alkyl halides is 5. The third-order valence-electron chi connectivity index (χ3n) is 4.16. The molecule has 0 spiro atoms. The Labute approximate surface area is 153 Å². The van der Waals surface area contributed by atoms with Crippen molar-refractivity contribution in [2.45, 2.75) is 25.6 Å². The van der Waals surface area contributed by atoms with Gasteiger partial charge in [-0.25, -0.2) is 23.3 Å². The Bertz CT molecular complexity index is 1150. The van der Waals surface area contributed by atoms with Gasteiger partial charge in [0.15, 0.2) is 5.65 Å². The van der Waals surface area contributed by atoms with Crippen molar-refractivity contribution < 1.29 is 22.0 Å². The van der Waals surface area contributed by atoms with Gasteiger partial charge in [-0.1, -0.05) is 0 Å². The van der Waals surface area contributed by atoms with Gasteiger partial charge in [-0.15, -0.1) is 0 Å². The second kappa shape index (κ2) is 6.39. The summed E-state index contributed by atoms with van der Waals surface area (Å²) in [5, 5.41) is 6.85. The molecule has 4 rings (SSSR count). The summed E-state index contributed by atoms with van der Waals surface area (Å²) >= 11 is 0. The molecule has 0 saturated heterocycles. The molecule has 0 aromatic carbocycles. The lowest BCUT2D eigenvalue weighted by molar-refractivity contribution is -0.138. The Hall–Kier alpha value is -3.31. The van der Waals surface area contributed by atoms with Crippen LogP contribution in [0.4, 0.5) is 27.9 Å². The molecular formula is C16H12F5N7. The minimum atomic E-state index is -4.44. The van der Waals surface area contributed by atoms with Crippen LogP contribution in [0.25, 0.3) is 27.9 Å². The highest BCUT2D eigenvalue weighted by Crippen LogP contribution is 2.28. The summed E-state index contributed by atoms with van der Waals surface area (Å²) in [6.45, 7) is 0.957. The second-order valence-electron chi connectivity index (χ2n) is 6.04. The van der Waals surface area contributed by atoms with Crippen LogP contribution in [0, 0.1) is 0 Å². The van der Waals surface area contributed by atoms with Gasteiger partial charge in [0.1, 0.15) is 17.4 Å². The van der Waals surface area contributed by atoms with E-state index in [1.165, 1.54) is 18.5 Å². The first-order valence-corrected chi connectivity index (χ1v) is 8.04. The molecule has 146 valence electrons. The van der Waals surface area contributed by atoms with E-state index in [4.69, 9.17) is 0 Å². The summed E-state index contributed by atoms with van der Waals surface area (Å²) in [6, 6.07) is 1.31. The van der Waals surface area contributed by atoms with E-state index in [0.29, 0.717) is 16.6 Å². The molecule has 4 aromatic heterocycles. The van der Waals surface area contributed by atoms with Gasteiger partial charge >= 0.3 is 6.18 Å². The van der Waals surface area contributed by atoms with E-state index < -0.39 is 18.6 Å². The van der Waals surface area contributed by atoms with Crippen LogP contribution in [0.5, 0.6) is 0 Å². The predicted molar refractivity (Wildman–Crippen MR) is 90.0 cm³/mol.